The van der Waals surface area contributed by atoms with Crippen molar-refractivity contribution in [2.24, 2.45) is 5.10 Å². The summed E-state index contributed by atoms with van der Waals surface area (Å²) in [5.74, 6) is -0.369. The fourth-order valence-corrected chi connectivity index (χ4v) is 3.48. The molecule has 0 aliphatic carbocycles. The Morgan fingerprint density at radius 1 is 1.03 bits per heavy atom. The number of rotatable bonds is 7. The van der Waals surface area contributed by atoms with Gasteiger partial charge in [0.2, 0.25) is 10.0 Å². The van der Waals surface area contributed by atoms with Gasteiger partial charge < -0.3 is 0 Å². The van der Waals surface area contributed by atoms with Crippen LogP contribution in [0.15, 0.2) is 84.1 Å². The average molecular weight is 408 g/mol. The van der Waals surface area contributed by atoms with Crippen LogP contribution < -0.4 is 9.73 Å². The third kappa shape index (κ3) is 5.73. The van der Waals surface area contributed by atoms with Crippen LogP contribution in [0.25, 0.3) is 0 Å². The van der Waals surface area contributed by atoms with Crippen LogP contribution in [0.3, 0.4) is 0 Å². The molecule has 0 spiro atoms. The van der Waals surface area contributed by atoms with Crippen molar-refractivity contribution in [3.05, 3.63) is 95.8 Å². The first kappa shape index (κ1) is 20.2. The fourth-order valence-electron chi connectivity index (χ4n) is 2.60. The number of carbonyl (C=O) groups is 1. The van der Waals surface area contributed by atoms with Gasteiger partial charge in [-0.3, -0.25) is 14.1 Å². The molecule has 0 bridgehead atoms. The molecule has 1 heterocycles. The lowest BCUT2D eigenvalue weighted by Crippen LogP contribution is -2.29. The highest BCUT2D eigenvalue weighted by Crippen LogP contribution is 2.20. The van der Waals surface area contributed by atoms with Crippen molar-refractivity contribution >= 4 is 27.8 Å². The van der Waals surface area contributed by atoms with E-state index in [9.17, 15) is 13.2 Å². The van der Waals surface area contributed by atoms with Crippen LogP contribution in [0.5, 0.6) is 0 Å². The highest BCUT2D eigenvalue weighted by molar-refractivity contribution is 7.92. The van der Waals surface area contributed by atoms with E-state index >= 15 is 0 Å². The molecule has 3 aromatic rings. The fraction of sp³-hybridized carbons (Fsp3) is 0.0952. The molecule has 0 radical (unpaired) electrons. The van der Waals surface area contributed by atoms with E-state index in [1.165, 1.54) is 16.8 Å². The standard InChI is InChI=1S/C21H20N4O3S/c1-29(27,28)25(20-8-3-2-4-9-20)16-17-10-12-18(13-11-17)21(26)24-23-15-19-7-5-6-14-22-19/h2-15H,16H2,1H3,(H,24,26)/b23-15-. The van der Waals surface area contributed by atoms with E-state index in [0.717, 1.165) is 5.56 Å². The number of aromatic nitrogens is 1. The van der Waals surface area contributed by atoms with Gasteiger partial charge in [0.1, 0.15) is 0 Å². The summed E-state index contributed by atoms with van der Waals surface area (Å²) >= 11 is 0. The topological polar surface area (TPSA) is 91.7 Å². The van der Waals surface area contributed by atoms with Gasteiger partial charge in [-0.25, -0.2) is 13.8 Å². The summed E-state index contributed by atoms with van der Waals surface area (Å²) in [4.78, 5) is 16.3. The minimum absolute atomic E-state index is 0.169. The van der Waals surface area contributed by atoms with Crippen molar-refractivity contribution in [2.75, 3.05) is 10.6 Å². The molecule has 8 heteroatoms. The zero-order valence-electron chi connectivity index (χ0n) is 15.8. The van der Waals surface area contributed by atoms with Crippen LogP contribution in [0.2, 0.25) is 0 Å². The predicted molar refractivity (Wildman–Crippen MR) is 113 cm³/mol. The maximum absolute atomic E-state index is 12.2. The summed E-state index contributed by atoms with van der Waals surface area (Å²) in [7, 11) is -3.45. The van der Waals surface area contributed by atoms with Gasteiger partial charge in [-0.1, -0.05) is 36.4 Å². The molecule has 2 aromatic carbocycles. The Kier molecular flexibility index (Phi) is 6.36. The van der Waals surface area contributed by atoms with Gasteiger partial charge in [0.25, 0.3) is 5.91 Å². The lowest BCUT2D eigenvalue weighted by Gasteiger charge is -2.22. The summed E-state index contributed by atoms with van der Waals surface area (Å²) in [6.07, 6.45) is 4.26. The molecule has 1 aromatic heterocycles. The van der Waals surface area contributed by atoms with Gasteiger partial charge in [0.15, 0.2) is 0 Å². The Hall–Kier alpha value is -3.52. The molecule has 0 aliphatic heterocycles. The maximum Gasteiger partial charge on any atom is 0.271 e. The Bertz CT molecular complexity index is 1080. The summed E-state index contributed by atoms with van der Waals surface area (Å²) in [6.45, 7) is 0.169. The molecule has 0 fully saturated rings. The number of pyridine rings is 1. The lowest BCUT2D eigenvalue weighted by atomic mass is 10.1. The summed E-state index contributed by atoms with van der Waals surface area (Å²) in [6, 6.07) is 21.0. The first-order valence-electron chi connectivity index (χ1n) is 8.79. The molecule has 1 amide bonds. The normalized spacial score (nSPS) is 11.3. The number of anilines is 1. The molecule has 1 N–H and O–H groups in total. The lowest BCUT2D eigenvalue weighted by molar-refractivity contribution is 0.0955. The van der Waals surface area contributed by atoms with Gasteiger partial charge in [-0.15, -0.1) is 0 Å². The van der Waals surface area contributed by atoms with E-state index in [4.69, 9.17) is 0 Å². The Labute approximate surface area is 169 Å². The van der Waals surface area contributed by atoms with Gasteiger partial charge in [-0.2, -0.15) is 5.10 Å². The largest absolute Gasteiger partial charge is 0.271 e. The average Bonchev–Trinajstić information content (AvgIpc) is 2.73. The minimum Gasteiger partial charge on any atom is -0.267 e. The van der Waals surface area contributed by atoms with Crippen molar-refractivity contribution in [1.29, 1.82) is 0 Å². The molecule has 0 aliphatic rings. The molecular weight excluding hydrogens is 388 g/mol. The van der Waals surface area contributed by atoms with Gasteiger partial charge >= 0.3 is 0 Å². The molecule has 148 valence electrons. The van der Waals surface area contributed by atoms with Crippen molar-refractivity contribution in [3.63, 3.8) is 0 Å². The number of benzene rings is 2. The van der Waals surface area contributed by atoms with Crippen LogP contribution in [-0.4, -0.2) is 31.8 Å². The Balaban J connectivity index is 1.67. The second kappa shape index (κ2) is 9.11. The smallest absolute Gasteiger partial charge is 0.267 e. The molecule has 0 saturated carbocycles. The number of hydrogen-bond donors (Lipinski definition) is 1. The Morgan fingerprint density at radius 2 is 1.72 bits per heavy atom. The van der Waals surface area contributed by atoms with Crippen molar-refractivity contribution in [3.8, 4) is 0 Å². The number of hydrogen-bond acceptors (Lipinski definition) is 5. The number of carbonyl (C=O) groups excluding carboxylic acids is 1. The number of para-hydroxylation sites is 1. The molecule has 0 saturated heterocycles. The third-order valence-corrected chi connectivity index (χ3v) is 5.18. The maximum atomic E-state index is 12.2. The highest BCUT2D eigenvalue weighted by Gasteiger charge is 2.17. The number of sulfonamides is 1. The van der Waals surface area contributed by atoms with Crippen molar-refractivity contribution in [1.82, 2.24) is 10.4 Å². The van der Waals surface area contributed by atoms with Crippen LogP contribution >= 0.6 is 0 Å². The first-order chi connectivity index (χ1) is 13.9. The van der Waals surface area contributed by atoms with Gasteiger partial charge in [-0.05, 0) is 42.0 Å². The zero-order valence-corrected chi connectivity index (χ0v) is 16.6. The van der Waals surface area contributed by atoms with E-state index in [-0.39, 0.29) is 12.5 Å². The Morgan fingerprint density at radius 3 is 2.34 bits per heavy atom. The molecular formula is C21H20N4O3S. The van der Waals surface area contributed by atoms with Gasteiger partial charge in [0, 0.05) is 11.8 Å². The minimum atomic E-state index is -3.45. The number of amides is 1. The van der Waals surface area contributed by atoms with Crippen molar-refractivity contribution in [2.45, 2.75) is 6.54 Å². The monoisotopic (exact) mass is 408 g/mol. The second-order valence-electron chi connectivity index (χ2n) is 6.26. The summed E-state index contributed by atoms with van der Waals surface area (Å²) in [5, 5.41) is 3.89. The van der Waals surface area contributed by atoms with Gasteiger partial charge in [0.05, 0.1) is 30.4 Å². The van der Waals surface area contributed by atoms with E-state index in [1.807, 2.05) is 12.1 Å². The number of nitrogens with zero attached hydrogens (tertiary/aromatic N) is 3. The van der Waals surface area contributed by atoms with Crippen molar-refractivity contribution < 1.29 is 13.2 Å². The number of hydrazone groups is 1. The second-order valence-corrected chi connectivity index (χ2v) is 8.16. The molecule has 29 heavy (non-hydrogen) atoms. The van der Waals surface area contributed by atoms with E-state index in [0.29, 0.717) is 16.9 Å². The summed E-state index contributed by atoms with van der Waals surface area (Å²) in [5.41, 5.74) is 4.83. The van der Waals surface area contributed by atoms with Crippen LogP contribution in [-0.2, 0) is 16.6 Å². The SMILES string of the molecule is CS(=O)(=O)N(Cc1ccc(C(=O)N/N=C\c2ccccn2)cc1)c1ccccc1. The molecule has 7 nitrogen and oxygen atoms in total. The first-order valence-corrected chi connectivity index (χ1v) is 10.6. The third-order valence-electron chi connectivity index (χ3n) is 4.04. The summed E-state index contributed by atoms with van der Waals surface area (Å²) < 4.78 is 25.7. The highest BCUT2D eigenvalue weighted by atomic mass is 32.2. The van der Waals surface area contributed by atoms with E-state index in [2.05, 4.69) is 15.5 Å². The van der Waals surface area contributed by atoms with E-state index in [1.54, 1.807) is 66.9 Å². The van der Waals surface area contributed by atoms with Crippen LogP contribution in [0, 0.1) is 0 Å². The van der Waals surface area contributed by atoms with Crippen LogP contribution in [0.1, 0.15) is 21.6 Å². The number of nitrogens with one attached hydrogen (secondary N) is 1. The van der Waals surface area contributed by atoms with E-state index < -0.39 is 10.0 Å². The molecule has 0 atom stereocenters. The quantitative estimate of drug-likeness (QED) is 0.481. The zero-order chi connectivity index (χ0) is 20.7. The van der Waals surface area contributed by atoms with Crippen LogP contribution in [0.4, 0.5) is 5.69 Å². The predicted octanol–water partition coefficient (Wildman–Crippen LogP) is 2.81. The molecule has 0 unspecified atom stereocenters. The molecule has 3 rings (SSSR count).